The van der Waals surface area contributed by atoms with Crippen LogP contribution in [0, 0.1) is 0 Å². The number of hydrogen-bond donors (Lipinski definition) is 2. The molecule has 0 unspecified atom stereocenters. The Morgan fingerprint density at radius 3 is 2.73 bits per heavy atom. The molecule has 0 saturated heterocycles. The molecule has 0 radical (unpaired) electrons. The van der Waals surface area contributed by atoms with E-state index in [0.717, 1.165) is 11.3 Å². The number of carbonyl (C=O) groups is 2. The first-order valence-corrected chi connectivity index (χ1v) is 8.37. The molecule has 0 saturated carbocycles. The topological polar surface area (TPSA) is 85.9 Å². The first kappa shape index (κ1) is 17.6. The van der Waals surface area contributed by atoms with Crippen LogP contribution in [-0.2, 0) is 11.2 Å². The lowest BCUT2D eigenvalue weighted by Gasteiger charge is -2.10. The summed E-state index contributed by atoms with van der Waals surface area (Å²) in [5.41, 5.74) is 6.14. The minimum atomic E-state index is -0.425. The van der Waals surface area contributed by atoms with Crippen LogP contribution in [0.15, 0.2) is 42.5 Å². The van der Waals surface area contributed by atoms with Gasteiger partial charge >= 0.3 is 0 Å². The lowest BCUT2D eigenvalue weighted by atomic mass is 10.1. The fourth-order valence-electron chi connectivity index (χ4n) is 2.55. The van der Waals surface area contributed by atoms with Gasteiger partial charge in [-0.05, 0) is 43.2 Å². The van der Waals surface area contributed by atoms with Gasteiger partial charge in [0, 0.05) is 12.0 Å². The maximum atomic E-state index is 12.1. The predicted molar refractivity (Wildman–Crippen MR) is 94.1 cm³/mol. The average Bonchev–Trinajstić information content (AvgIpc) is 3.13. The molecule has 2 amide bonds. The number of fused-ring (bicyclic) bond motifs is 1. The normalized spacial score (nSPS) is 11.7. The van der Waals surface area contributed by atoms with Crippen molar-refractivity contribution >= 4 is 11.8 Å². The molecule has 2 N–H and O–H groups in total. The molecule has 7 heteroatoms. The Labute approximate surface area is 151 Å². The highest BCUT2D eigenvalue weighted by Gasteiger charge is 2.16. The van der Waals surface area contributed by atoms with E-state index in [2.05, 4.69) is 10.9 Å². The lowest BCUT2D eigenvalue weighted by Crippen LogP contribution is -2.41. The van der Waals surface area contributed by atoms with Gasteiger partial charge in [-0.3, -0.25) is 20.4 Å². The molecule has 0 aromatic heterocycles. The van der Waals surface area contributed by atoms with Gasteiger partial charge in [0.15, 0.2) is 11.5 Å². The zero-order valence-electron chi connectivity index (χ0n) is 14.4. The molecule has 136 valence electrons. The number of para-hydroxylation sites is 1. The highest BCUT2D eigenvalue weighted by Crippen LogP contribution is 2.32. The molecule has 0 bridgehead atoms. The Kier molecular flexibility index (Phi) is 5.58. The average molecular weight is 356 g/mol. The molecule has 0 fully saturated rings. The largest absolute Gasteiger partial charge is 0.494 e. The van der Waals surface area contributed by atoms with Gasteiger partial charge in [0.1, 0.15) is 5.75 Å². The van der Waals surface area contributed by atoms with Crippen LogP contribution >= 0.6 is 0 Å². The minimum absolute atomic E-state index is 0.139. The number of nitrogens with one attached hydrogen (secondary N) is 2. The van der Waals surface area contributed by atoms with Gasteiger partial charge in [-0.25, -0.2) is 0 Å². The van der Waals surface area contributed by atoms with Crippen molar-refractivity contribution in [2.45, 2.75) is 19.8 Å². The third-order valence-electron chi connectivity index (χ3n) is 3.84. The number of hydrazine groups is 1. The molecule has 0 atom stereocenters. The summed E-state index contributed by atoms with van der Waals surface area (Å²) in [6.07, 6.45) is 0.743. The SMILES string of the molecule is CCOc1ccccc1CCC(=O)NNC(=O)c1ccc2c(c1)OCO2. The van der Waals surface area contributed by atoms with Crippen molar-refractivity contribution < 1.29 is 23.8 Å². The van der Waals surface area contributed by atoms with Crippen molar-refractivity contribution in [2.24, 2.45) is 0 Å². The number of carbonyl (C=O) groups excluding carboxylic acids is 2. The minimum Gasteiger partial charge on any atom is -0.494 e. The van der Waals surface area contributed by atoms with Crippen LogP contribution in [-0.4, -0.2) is 25.2 Å². The Balaban J connectivity index is 1.49. The number of amides is 2. The maximum Gasteiger partial charge on any atom is 0.269 e. The van der Waals surface area contributed by atoms with Gasteiger partial charge in [0.2, 0.25) is 12.7 Å². The molecule has 3 rings (SSSR count). The molecule has 0 aliphatic carbocycles. The van der Waals surface area contributed by atoms with Crippen molar-refractivity contribution in [1.82, 2.24) is 10.9 Å². The predicted octanol–water partition coefficient (Wildman–Crippen LogP) is 2.21. The summed E-state index contributed by atoms with van der Waals surface area (Å²) >= 11 is 0. The van der Waals surface area contributed by atoms with Crippen LogP contribution in [0.1, 0.15) is 29.3 Å². The van der Waals surface area contributed by atoms with Crippen LogP contribution < -0.4 is 25.1 Å². The highest BCUT2D eigenvalue weighted by atomic mass is 16.7. The number of hydrogen-bond acceptors (Lipinski definition) is 5. The van der Waals surface area contributed by atoms with E-state index in [1.54, 1.807) is 18.2 Å². The van der Waals surface area contributed by atoms with E-state index in [1.807, 2.05) is 31.2 Å². The standard InChI is InChI=1S/C19H20N2O5/c1-2-24-15-6-4-3-5-13(15)8-10-18(22)20-21-19(23)14-7-9-16-17(11-14)26-12-25-16/h3-7,9,11H,2,8,10,12H2,1H3,(H,20,22)(H,21,23). The van der Waals surface area contributed by atoms with Gasteiger partial charge < -0.3 is 14.2 Å². The summed E-state index contributed by atoms with van der Waals surface area (Å²) in [6, 6.07) is 12.4. The second-order valence-electron chi connectivity index (χ2n) is 5.61. The van der Waals surface area contributed by atoms with E-state index in [1.165, 1.54) is 0 Å². The lowest BCUT2D eigenvalue weighted by molar-refractivity contribution is -0.121. The fourth-order valence-corrected chi connectivity index (χ4v) is 2.55. The van der Waals surface area contributed by atoms with E-state index >= 15 is 0 Å². The summed E-state index contributed by atoms with van der Waals surface area (Å²) in [4.78, 5) is 24.1. The van der Waals surface area contributed by atoms with Crippen molar-refractivity contribution in [3.05, 3.63) is 53.6 Å². The van der Waals surface area contributed by atoms with E-state index in [0.29, 0.717) is 30.1 Å². The summed E-state index contributed by atoms with van der Waals surface area (Å²) in [5.74, 6) is 1.17. The Morgan fingerprint density at radius 2 is 1.88 bits per heavy atom. The van der Waals surface area contributed by atoms with E-state index in [9.17, 15) is 9.59 Å². The molecule has 1 heterocycles. The summed E-state index contributed by atoms with van der Waals surface area (Å²) < 4.78 is 16.0. The molecule has 2 aromatic carbocycles. The van der Waals surface area contributed by atoms with Crippen LogP contribution in [0.4, 0.5) is 0 Å². The molecular weight excluding hydrogens is 336 g/mol. The molecule has 26 heavy (non-hydrogen) atoms. The number of rotatable bonds is 6. The molecule has 2 aromatic rings. The van der Waals surface area contributed by atoms with Crippen molar-refractivity contribution in [1.29, 1.82) is 0 Å². The van der Waals surface area contributed by atoms with Gasteiger partial charge in [-0.2, -0.15) is 0 Å². The molecule has 0 spiro atoms. The Bertz CT molecular complexity index is 806. The maximum absolute atomic E-state index is 12.1. The first-order valence-electron chi connectivity index (χ1n) is 8.37. The zero-order chi connectivity index (χ0) is 18.4. The number of aryl methyl sites for hydroxylation is 1. The van der Waals surface area contributed by atoms with Crippen molar-refractivity contribution in [3.8, 4) is 17.2 Å². The highest BCUT2D eigenvalue weighted by molar-refractivity contribution is 5.96. The molecule has 7 nitrogen and oxygen atoms in total. The zero-order valence-corrected chi connectivity index (χ0v) is 14.4. The van der Waals surface area contributed by atoms with E-state index < -0.39 is 5.91 Å². The first-order chi connectivity index (χ1) is 12.7. The van der Waals surface area contributed by atoms with Gasteiger partial charge in [-0.15, -0.1) is 0 Å². The summed E-state index contributed by atoms with van der Waals surface area (Å²) in [5, 5.41) is 0. The number of benzene rings is 2. The Morgan fingerprint density at radius 1 is 1.08 bits per heavy atom. The van der Waals surface area contributed by atoms with Crippen LogP contribution in [0.25, 0.3) is 0 Å². The van der Waals surface area contributed by atoms with Gasteiger partial charge in [-0.1, -0.05) is 18.2 Å². The Hall–Kier alpha value is -3.22. The third kappa shape index (κ3) is 4.24. The molecular formula is C19H20N2O5. The third-order valence-corrected chi connectivity index (χ3v) is 3.84. The van der Waals surface area contributed by atoms with E-state index in [4.69, 9.17) is 14.2 Å². The van der Waals surface area contributed by atoms with Crippen LogP contribution in [0.3, 0.4) is 0 Å². The quantitative estimate of drug-likeness (QED) is 0.775. The van der Waals surface area contributed by atoms with Crippen molar-refractivity contribution in [2.75, 3.05) is 13.4 Å². The second kappa shape index (κ2) is 8.24. The molecule has 1 aliphatic rings. The molecule has 1 aliphatic heterocycles. The van der Waals surface area contributed by atoms with Gasteiger partial charge in [0.05, 0.1) is 6.61 Å². The van der Waals surface area contributed by atoms with Crippen molar-refractivity contribution in [3.63, 3.8) is 0 Å². The van der Waals surface area contributed by atoms with E-state index in [-0.39, 0.29) is 19.1 Å². The number of ether oxygens (including phenoxy) is 3. The smallest absolute Gasteiger partial charge is 0.269 e. The summed E-state index contributed by atoms with van der Waals surface area (Å²) in [7, 11) is 0. The summed E-state index contributed by atoms with van der Waals surface area (Å²) in [6.45, 7) is 2.62. The monoisotopic (exact) mass is 356 g/mol. The van der Waals surface area contributed by atoms with Crippen LogP contribution in [0.5, 0.6) is 17.2 Å². The fraction of sp³-hybridized carbons (Fsp3) is 0.263. The van der Waals surface area contributed by atoms with Gasteiger partial charge in [0.25, 0.3) is 5.91 Å². The second-order valence-corrected chi connectivity index (χ2v) is 5.61. The van der Waals surface area contributed by atoms with Crippen LogP contribution in [0.2, 0.25) is 0 Å².